The second kappa shape index (κ2) is 12.7. The van der Waals surface area contributed by atoms with Crippen LogP contribution in [0.25, 0.3) is 0 Å². The molecule has 170 valence electrons. The zero-order valence-electron chi connectivity index (χ0n) is 18.6. The average molecular weight is 442 g/mol. The quantitative estimate of drug-likeness (QED) is 0.369. The van der Waals surface area contributed by atoms with Crippen molar-refractivity contribution < 1.29 is 23.8 Å². The van der Waals surface area contributed by atoms with Crippen molar-refractivity contribution in [2.24, 2.45) is 17.8 Å². The first kappa shape index (κ1) is 26.1. The summed E-state index contributed by atoms with van der Waals surface area (Å²) in [6.07, 6.45) is -0.943. The van der Waals surface area contributed by atoms with Crippen molar-refractivity contribution in [2.45, 2.75) is 53.7 Å². The van der Waals surface area contributed by atoms with Gasteiger partial charge in [0.25, 0.3) is 7.52 Å². The molecule has 0 radical (unpaired) electrons. The minimum atomic E-state index is -4.00. The molecule has 8 nitrogen and oxygen atoms in total. The van der Waals surface area contributed by atoms with Crippen molar-refractivity contribution in [3.8, 4) is 0 Å². The number of nitrogens with one attached hydrogen (secondary N) is 3. The molecule has 3 atom stereocenters. The minimum Gasteiger partial charge on any atom is -0.445 e. The average Bonchev–Trinajstić information content (AvgIpc) is 2.68. The van der Waals surface area contributed by atoms with Crippen LogP contribution < -0.4 is 15.7 Å². The molecule has 30 heavy (non-hydrogen) atoms. The van der Waals surface area contributed by atoms with E-state index in [1.165, 1.54) is 0 Å². The van der Waals surface area contributed by atoms with Gasteiger partial charge in [0.15, 0.2) is 0 Å². The SMILES string of the molecule is CC(C)C[C@H](NP(=O)(O)CNC(=O)OCc1ccccc1)C(=O)NC[C@@H](C)C(C)C. The smallest absolute Gasteiger partial charge is 0.407 e. The fraction of sp³-hybridized carbons (Fsp3) is 0.619. The second-order valence-electron chi connectivity index (χ2n) is 8.38. The van der Waals surface area contributed by atoms with Crippen LogP contribution >= 0.6 is 7.52 Å². The fourth-order valence-corrected chi connectivity index (χ4v) is 3.69. The van der Waals surface area contributed by atoms with E-state index in [9.17, 15) is 19.0 Å². The van der Waals surface area contributed by atoms with E-state index in [2.05, 4.69) is 29.6 Å². The summed E-state index contributed by atoms with van der Waals surface area (Å²) in [4.78, 5) is 34.6. The van der Waals surface area contributed by atoms with E-state index in [1.54, 1.807) is 12.1 Å². The number of ether oxygens (including phenoxy) is 1. The monoisotopic (exact) mass is 441 g/mol. The van der Waals surface area contributed by atoms with E-state index in [4.69, 9.17) is 4.74 Å². The maximum absolute atomic E-state index is 12.6. The topological polar surface area (TPSA) is 117 Å². The van der Waals surface area contributed by atoms with Gasteiger partial charge in [-0.2, -0.15) is 0 Å². The molecule has 0 fully saturated rings. The highest BCUT2D eigenvalue weighted by atomic mass is 31.2. The van der Waals surface area contributed by atoms with Crippen LogP contribution in [0.1, 0.15) is 46.6 Å². The predicted octanol–water partition coefficient (Wildman–Crippen LogP) is 3.47. The summed E-state index contributed by atoms with van der Waals surface area (Å²) in [6, 6.07) is 8.28. The number of rotatable bonds is 12. The zero-order valence-corrected chi connectivity index (χ0v) is 19.4. The first-order valence-corrected chi connectivity index (χ1v) is 12.2. The lowest BCUT2D eigenvalue weighted by molar-refractivity contribution is -0.123. The number of carbonyl (C=O) groups excluding carboxylic acids is 2. The lowest BCUT2D eigenvalue weighted by Gasteiger charge is -2.24. The molecular weight excluding hydrogens is 405 g/mol. The van der Waals surface area contributed by atoms with Gasteiger partial charge in [-0.15, -0.1) is 0 Å². The highest BCUT2D eigenvalue weighted by Gasteiger charge is 2.29. The van der Waals surface area contributed by atoms with E-state index in [0.717, 1.165) is 5.56 Å². The molecule has 0 aliphatic heterocycles. The van der Waals surface area contributed by atoms with Crippen LogP contribution in [-0.4, -0.2) is 35.8 Å². The predicted molar refractivity (Wildman–Crippen MR) is 118 cm³/mol. The molecule has 0 aliphatic rings. The van der Waals surface area contributed by atoms with Crippen LogP contribution in [0.5, 0.6) is 0 Å². The highest BCUT2D eigenvalue weighted by molar-refractivity contribution is 7.55. The summed E-state index contributed by atoms with van der Waals surface area (Å²) in [5.74, 6) is 0.518. The van der Waals surface area contributed by atoms with Crippen molar-refractivity contribution in [2.75, 3.05) is 12.8 Å². The van der Waals surface area contributed by atoms with Crippen molar-refractivity contribution in [3.05, 3.63) is 35.9 Å². The van der Waals surface area contributed by atoms with Gasteiger partial charge < -0.3 is 20.3 Å². The van der Waals surface area contributed by atoms with Crippen molar-refractivity contribution >= 4 is 19.5 Å². The van der Waals surface area contributed by atoms with E-state index in [-0.39, 0.29) is 24.3 Å². The molecule has 0 saturated carbocycles. The molecule has 0 aliphatic carbocycles. The highest BCUT2D eigenvalue weighted by Crippen LogP contribution is 2.35. The molecule has 0 heterocycles. The summed E-state index contributed by atoms with van der Waals surface area (Å²) in [5, 5.41) is 7.67. The van der Waals surface area contributed by atoms with Crippen molar-refractivity contribution in [3.63, 3.8) is 0 Å². The third kappa shape index (κ3) is 10.8. The normalized spacial score (nSPS) is 15.3. The maximum atomic E-state index is 12.6. The Morgan fingerprint density at radius 2 is 1.70 bits per heavy atom. The summed E-state index contributed by atoms with van der Waals surface area (Å²) in [5.41, 5.74) is 0.808. The fourth-order valence-electron chi connectivity index (χ4n) is 2.55. The maximum Gasteiger partial charge on any atom is 0.407 e. The van der Waals surface area contributed by atoms with Gasteiger partial charge in [0.1, 0.15) is 12.9 Å². The van der Waals surface area contributed by atoms with Gasteiger partial charge in [-0.25, -0.2) is 9.88 Å². The number of carbonyl (C=O) groups is 2. The lowest BCUT2D eigenvalue weighted by atomic mass is 9.98. The van der Waals surface area contributed by atoms with Gasteiger partial charge >= 0.3 is 6.09 Å². The number of benzene rings is 1. The Morgan fingerprint density at radius 1 is 1.07 bits per heavy atom. The van der Waals surface area contributed by atoms with Gasteiger partial charge in [-0.05, 0) is 29.7 Å². The van der Waals surface area contributed by atoms with Crippen LogP contribution in [0.15, 0.2) is 30.3 Å². The summed E-state index contributed by atoms with van der Waals surface area (Å²) in [6.45, 7) is 10.6. The number of amides is 2. The molecule has 1 unspecified atom stereocenters. The largest absolute Gasteiger partial charge is 0.445 e. The first-order chi connectivity index (χ1) is 14.0. The minimum absolute atomic E-state index is 0.0578. The van der Waals surface area contributed by atoms with Crippen LogP contribution in [-0.2, 0) is 20.7 Å². The summed E-state index contributed by atoms with van der Waals surface area (Å²) in [7, 11) is -4.00. The first-order valence-electron chi connectivity index (χ1n) is 10.3. The standard InChI is InChI=1S/C21H36N3O5P/c1-15(2)11-19(20(25)22-12-17(5)16(3)4)24-30(27,28)14-23-21(26)29-13-18-9-7-6-8-10-18/h6-10,15-17,19H,11-14H2,1-5H3,(H,22,25)(H,23,26)(H2,24,27,28)/t17-,19+/m1/s1. The van der Waals surface area contributed by atoms with Gasteiger partial charge in [0.2, 0.25) is 5.91 Å². The molecule has 0 bridgehead atoms. The van der Waals surface area contributed by atoms with E-state index < -0.39 is 25.9 Å². The second-order valence-corrected chi connectivity index (χ2v) is 10.4. The van der Waals surface area contributed by atoms with E-state index in [1.807, 2.05) is 39.0 Å². The van der Waals surface area contributed by atoms with Gasteiger partial charge in [-0.3, -0.25) is 9.36 Å². The van der Waals surface area contributed by atoms with Gasteiger partial charge in [0, 0.05) is 6.54 Å². The summed E-state index contributed by atoms with van der Waals surface area (Å²) < 4.78 is 17.6. The number of hydrogen-bond donors (Lipinski definition) is 4. The molecule has 0 spiro atoms. The van der Waals surface area contributed by atoms with Crippen LogP contribution in [0.3, 0.4) is 0 Å². The number of alkyl carbamates (subject to hydrolysis) is 1. The molecular formula is C21H36N3O5P. The van der Waals surface area contributed by atoms with Crippen LogP contribution in [0, 0.1) is 17.8 Å². The third-order valence-electron chi connectivity index (χ3n) is 4.77. The Hall–Kier alpha value is -1.89. The number of hydrogen-bond acceptors (Lipinski definition) is 4. The lowest BCUT2D eigenvalue weighted by Crippen LogP contribution is -2.46. The van der Waals surface area contributed by atoms with Crippen LogP contribution in [0.4, 0.5) is 4.79 Å². The van der Waals surface area contributed by atoms with Gasteiger partial charge in [0.05, 0.1) is 6.04 Å². The molecule has 4 N–H and O–H groups in total. The molecule has 1 rings (SSSR count). The molecule has 9 heteroatoms. The van der Waals surface area contributed by atoms with Crippen molar-refractivity contribution in [1.29, 1.82) is 0 Å². The molecule has 2 amide bonds. The molecule has 1 aromatic carbocycles. The van der Waals surface area contributed by atoms with E-state index >= 15 is 0 Å². The molecule has 0 aromatic heterocycles. The molecule has 1 aromatic rings. The van der Waals surface area contributed by atoms with Crippen LogP contribution in [0.2, 0.25) is 0 Å². The summed E-state index contributed by atoms with van der Waals surface area (Å²) >= 11 is 0. The third-order valence-corrected chi connectivity index (χ3v) is 6.07. The van der Waals surface area contributed by atoms with Crippen molar-refractivity contribution in [1.82, 2.24) is 15.7 Å². The Balaban J connectivity index is 2.56. The molecule has 0 saturated heterocycles. The zero-order chi connectivity index (χ0) is 22.7. The Kier molecular flexibility index (Phi) is 11.1. The Morgan fingerprint density at radius 3 is 2.27 bits per heavy atom. The Bertz CT molecular complexity index is 712. The van der Waals surface area contributed by atoms with Gasteiger partial charge in [-0.1, -0.05) is 65.0 Å². The Labute approximate surface area is 179 Å². The van der Waals surface area contributed by atoms with E-state index in [0.29, 0.717) is 18.9 Å².